The maximum atomic E-state index is 11.0. The van der Waals surface area contributed by atoms with Crippen molar-refractivity contribution in [3.05, 3.63) is 51.5 Å². The number of hydrogen-bond donors (Lipinski definition) is 1. The van der Waals surface area contributed by atoms with Crippen molar-refractivity contribution in [3.63, 3.8) is 0 Å². The molecule has 0 radical (unpaired) electrons. The smallest absolute Gasteiger partial charge is 0.307 e. The molecule has 2 rings (SSSR count). The fraction of sp³-hybridized carbons (Fsp3) is 0.188. The molecule has 0 heterocycles. The quantitative estimate of drug-likeness (QED) is 0.893. The molecule has 0 aliphatic carbocycles. The normalized spacial score (nSPS) is 10.5. The van der Waals surface area contributed by atoms with Gasteiger partial charge in [0.1, 0.15) is 5.75 Å². The lowest BCUT2D eigenvalue weighted by atomic mass is 9.97. The van der Waals surface area contributed by atoms with E-state index in [1.165, 1.54) is 7.11 Å². The largest absolute Gasteiger partial charge is 0.496 e. The predicted octanol–water partition coefficient (Wildman–Crippen LogP) is 4.60. The van der Waals surface area contributed by atoms with Crippen LogP contribution in [-0.4, -0.2) is 18.2 Å². The van der Waals surface area contributed by atoms with Crippen molar-refractivity contribution in [1.29, 1.82) is 0 Å². The van der Waals surface area contributed by atoms with Crippen molar-refractivity contribution in [2.24, 2.45) is 0 Å². The number of hydrogen-bond acceptors (Lipinski definition) is 2. The Morgan fingerprint density at radius 2 is 1.90 bits per heavy atom. The zero-order valence-corrected chi connectivity index (χ0v) is 13.1. The van der Waals surface area contributed by atoms with Gasteiger partial charge < -0.3 is 9.84 Å². The van der Waals surface area contributed by atoms with Gasteiger partial charge in [-0.3, -0.25) is 4.79 Å². The monoisotopic (exact) mass is 324 g/mol. The maximum absolute atomic E-state index is 11.0. The van der Waals surface area contributed by atoms with Gasteiger partial charge in [-0.15, -0.1) is 0 Å². The Kier molecular flexibility index (Phi) is 4.76. The van der Waals surface area contributed by atoms with Crippen LogP contribution in [-0.2, 0) is 11.2 Å². The van der Waals surface area contributed by atoms with Crippen LogP contribution in [0.4, 0.5) is 0 Å². The Bertz CT molecular complexity index is 696. The van der Waals surface area contributed by atoms with Gasteiger partial charge in [-0.1, -0.05) is 29.3 Å². The number of ether oxygens (including phenoxy) is 1. The SMILES string of the molecule is COc1cc(Cl)c(-c2cc(Cl)ccc2C)cc1CC(=O)O. The molecule has 0 amide bonds. The second-order valence-corrected chi connectivity index (χ2v) is 5.52. The van der Waals surface area contributed by atoms with Crippen molar-refractivity contribution < 1.29 is 14.6 Å². The molecule has 21 heavy (non-hydrogen) atoms. The Morgan fingerprint density at radius 1 is 1.19 bits per heavy atom. The van der Waals surface area contributed by atoms with E-state index in [-0.39, 0.29) is 6.42 Å². The molecule has 0 aliphatic heterocycles. The maximum Gasteiger partial charge on any atom is 0.307 e. The summed E-state index contributed by atoms with van der Waals surface area (Å²) >= 11 is 12.3. The third-order valence-electron chi connectivity index (χ3n) is 3.20. The molecular weight excluding hydrogens is 311 g/mol. The van der Waals surface area contributed by atoms with Gasteiger partial charge in [0.15, 0.2) is 0 Å². The highest BCUT2D eigenvalue weighted by Crippen LogP contribution is 2.36. The minimum absolute atomic E-state index is 0.132. The van der Waals surface area contributed by atoms with Crippen LogP contribution >= 0.6 is 23.2 Å². The molecule has 2 aromatic rings. The van der Waals surface area contributed by atoms with Crippen molar-refractivity contribution >= 4 is 29.2 Å². The summed E-state index contributed by atoms with van der Waals surface area (Å²) in [6.07, 6.45) is -0.132. The van der Waals surface area contributed by atoms with E-state index >= 15 is 0 Å². The second kappa shape index (κ2) is 6.37. The van der Waals surface area contributed by atoms with Gasteiger partial charge >= 0.3 is 5.97 Å². The number of aryl methyl sites for hydroxylation is 1. The Hall–Kier alpha value is -1.71. The first-order valence-corrected chi connectivity index (χ1v) is 7.02. The van der Waals surface area contributed by atoms with Crippen LogP contribution < -0.4 is 4.74 Å². The number of carbonyl (C=O) groups is 1. The van der Waals surface area contributed by atoms with Gasteiger partial charge in [0.05, 0.1) is 18.6 Å². The molecule has 0 spiro atoms. The van der Waals surface area contributed by atoms with Gasteiger partial charge in [-0.25, -0.2) is 0 Å². The van der Waals surface area contributed by atoms with Gasteiger partial charge in [0, 0.05) is 16.1 Å². The third-order valence-corrected chi connectivity index (χ3v) is 3.75. The highest BCUT2D eigenvalue weighted by molar-refractivity contribution is 6.34. The first-order chi connectivity index (χ1) is 9.92. The Labute approximate surface area is 133 Å². The van der Waals surface area contributed by atoms with E-state index < -0.39 is 5.97 Å². The number of methoxy groups -OCH3 is 1. The molecule has 0 bridgehead atoms. The van der Waals surface area contributed by atoms with Crippen molar-refractivity contribution in [3.8, 4) is 16.9 Å². The molecule has 3 nitrogen and oxygen atoms in total. The molecule has 2 aromatic carbocycles. The van der Waals surface area contributed by atoms with Gasteiger partial charge in [0.25, 0.3) is 0 Å². The number of carboxylic acids is 1. The van der Waals surface area contributed by atoms with Crippen LogP contribution in [0.3, 0.4) is 0 Å². The number of rotatable bonds is 4. The third kappa shape index (κ3) is 3.49. The molecular formula is C16H14Cl2O3. The van der Waals surface area contributed by atoms with E-state index in [0.29, 0.717) is 21.4 Å². The fourth-order valence-electron chi connectivity index (χ4n) is 2.18. The summed E-state index contributed by atoms with van der Waals surface area (Å²) in [6.45, 7) is 1.95. The van der Waals surface area contributed by atoms with Crippen LogP contribution in [0.25, 0.3) is 11.1 Å². The van der Waals surface area contributed by atoms with Crippen molar-refractivity contribution in [2.45, 2.75) is 13.3 Å². The average Bonchev–Trinajstić information content (AvgIpc) is 2.42. The van der Waals surface area contributed by atoms with Gasteiger partial charge in [0.2, 0.25) is 0 Å². The molecule has 5 heteroatoms. The molecule has 110 valence electrons. The summed E-state index contributed by atoms with van der Waals surface area (Å²) in [5.74, 6) is -0.463. The first-order valence-electron chi connectivity index (χ1n) is 6.27. The molecule has 0 saturated carbocycles. The topological polar surface area (TPSA) is 46.5 Å². The molecule has 0 atom stereocenters. The summed E-state index contributed by atoms with van der Waals surface area (Å²) in [7, 11) is 1.49. The minimum atomic E-state index is -0.926. The van der Waals surface area contributed by atoms with E-state index in [9.17, 15) is 4.79 Å². The molecule has 0 unspecified atom stereocenters. The summed E-state index contributed by atoms with van der Waals surface area (Å²) in [6, 6.07) is 8.89. The Morgan fingerprint density at radius 3 is 2.52 bits per heavy atom. The molecule has 1 N–H and O–H groups in total. The lowest BCUT2D eigenvalue weighted by Crippen LogP contribution is -2.03. The molecule has 0 aromatic heterocycles. The van der Waals surface area contributed by atoms with Crippen LogP contribution in [0.2, 0.25) is 10.0 Å². The van der Waals surface area contributed by atoms with Crippen LogP contribution in [0.1, 0.15) is 11.1 Å². The summed E-state index contributed by atoms with van der Waals surface area (Å²) in [5, 5.41) is 10.1. The zero-order valence-electron chi connectivity index (χ0n) is 11.6. The van der Waals surface area contributed by atoms with Crippen molar-refractivity contribution in [2.75, 3.05) is 7.11 Å². The van der Waals surface area contributed by atoms with E-state index in [1.807, 2.05) is 19.1 Å². The van der Waals surface area contributed by atoms with Gasteiger partial charge in [-0.05, 0) is 42.3 Å². The molecule has 0 saturated heterocycles. The highest BCUT2D eigenvalue weighted by atomic mass is 35.5. The lowest BCUT2D eigenvalue weighted by molar-refractivity contribution is -0.136. The molecule has 0 aliphatic rings. The van der Waals surface area contributed by atoms with E-state index in [1.54, 1.807) is 18.2 Å². The minimum Gasteiger partial charge on any atom is -0.496 e. The molecule has 0 fully saturated rings. The number of benzene rings is 2. The fourth-order valence-corrected chi connectivity index (χ4v) is 2.61. The van der Waals surface area contributed by atoms with E-state index in [0.717, 1.165) is 16.7 Å². The van der Waals surface area contributed by atoms with Crippen molar-refractivity contribution in [1.82, 2.24) is 0 Å². The van der Waals surface area contributed by atoms with E-state index in [2.05, 4.69) is 0 Å². The first kappa shape index (κ1) is 15.7. The predicted molar refractivity (Wildman–Crippen MR) is 84.5 cm³/mol. The standard InChI is InChI=1S/C16H14Cl2O3/c1-9-3-4-11(17)7-12(9)13-5-10(6-16(19)20)15(21-2)8-14(13)18/h3-5,7-8H,6H2,1-2H3,(H,19,20). The van der Waals surface area contributed by atoms with Crippen LogP contribution in [0.15, 0.2) is 30.3 Å². The average molecular weight is 325 g/mol. The summed E-state index contributed by atoms with van der Waals surface area (Å²) in [4.78, 5) is 11.0. The van der Waals surface area contributed by atoms with E-state index in [4.69, 9.17) is 33.0 Å². The van der Waals surface area contributed by atoms with Crippen LogP contribution in [0.5, 0.6) is 5.75 Å². The Balaban J connectivity index is 2.63. The lowest BCUT2D eigenvalue weighted by Gasteiger charge is -2.14. The number of halogens is 2. The summed E-state index contributed by atoms with van der Waals surface area (Å²) < 4.78 is 5.20. The summed E-state index contributed by atoms with van der Waals surface area (Å²) in [5.41, 5.74) is 3.20. The number of carboxylic acid groups (broad SMARTS) is 1. The number of aliphatic carboxylic acids is 1. The highest BCUT2D eigenvalue weighted by Gasteiger charge is 2.15. The second-order valence-electron chi connectivity index (χ2n) is 4.67. The van der Waals surface area contributed by atoms with Gasteiger partial charge in [-0.2, -0.15) is 0 Å². The van der Waals surface area contributed by atoms with Crippen LogP contribution in [0, 0.1) is 6.92 Å². The zero-order chi connectivity index (χ0) is 15.6.